The molecule has 0 saturated heterocycles. The minimum Gasteiger partial charge on any atom is -0.352 e. The summed E-state index contributed by atoms with van der Waals surface area (Å²) in [6.45, 7) is 0.197. The summed E-state index contributed by atoms with van der Waals surface area (Å²) in [5.74, 6) is -0.672. The van der Waals surface area contributed by atoms with Gasteiger partial charge in [0.15, 0.2) is 0 Å². The van der Waals surface area contributed by atoms with Gasteiger partial charge in [-0.1, -0.05) is 46.3 Å². The Morgan fingerprint density at radius 3 is 2.34 bits per heavy atom. The molecule has 1 aliphatic rings. The third-order valence-electron chi connectivity index (χ3n) is 4.60. The zero-order valence-electron chi connectivity index (χ0n) is 16.0. The number of hydrogen-bond acceptors (Lipinski definition) is 3. The summed E-state index contributed by atoms with van der Waals surface area (Å²) in [6, 6.07) is 16.2. The van der Waals surface area contributed by atoms with Crippen LogP contribution in [-0.4, -0.2) is 36.3 Å². The van der Waals surface area contributed by atoms with Crippen LogP contribution in [0.1, 0.15) is 35.2 Å². The van der Waals surface area contributed by atoms with Crippen LogP contribution in [0.5, 0.6) is 0 Å². The first-order valence-corrected chi connectivity index (χ1v) is 10.5. The third kappa shape index (κ3) is 7.02. The molecule has 1 atom stereocenters. The van der Waals surface area contributed by atoms with Gasteiger partial charge in [0.2, 0.25) is 11.8 Å². The number of benzene rings is 2. The highest BCUT2D eigenvalue weighted by Crippen LogP contribution is 2.19. The molecule has 1 aliphatic carbocycles. The zero-order chi connectivity index (χ0) is 20.6. The summed E-state index contributed by atoms with van der Waals surface area (Å²) in [5.41, 5.74) is 1.51. The van der Waals surface area contributed by atoms with Crippen LogP contribution in [0.3, 0.4) is 0 Å². The number of carbonyl (C=O) groups excluding carboxylic acids is 3. The lowest BCUT2D eigenvalue weighted by Crippen LogP contribution is -2.49. The molecular formula is C22H24BrN3O3. The summed E-state index contributed by atoms with van der Waals surface area (Å²) < 4.78 is 0.891. The summed E-state index contributed by atoms with van der Waals surface area (Å²) in [6.07, 6.45) is 2.50. The van der Waals surface area contributed by atoms with Crippen molar-refractivity contribution in [2.24, 2.45) is 0 Å². The van der Waals surface area contributed by atoms with Crippen molar-refractivity contribution in [1.82, 2.24) is 16.0 Å². The van der Waals surface area contributed by atoms with Crippen molar-refractivity contribution in [3.05, 3.63) is 70.2 Å². The van der Waals surface area contributed by atoms with E-state index in [0.717, 1.165) is 22.9 Å². The molecule has 7 heteroatoms. The Hall–Kier alpha value is -2.67. The van der Waals surface area contributed by atoms with Crippen LogP contribution < -0.4 is 16.0 Å². The Morgan fingerprint density at radius 1 is 1.00 bits per heavy atom. The van der Waals surface area contributed by atoms with Gasteiger partial charge in [-0.25, -0.2) is 0 Å². The normalized spacial score (nSPS) is 14.0. The fraction of sp³-hybridized carbons (Fsp3) is 0.318. The molecule has 152 valence electrons. The summed E-state index contributed by atoms with van der Waals surface area (Å²) in [7, 11) is 0. The number of nitrogens with one attached hydrogen (secondary N) is 3. The average molecular weight is 458 g/mol. The fourth-order valence-electron chi connectivity index (χ4n) is 2.85. The Kier molecular flexibility index (Phi) is 7.41. The fourth-order valence-corrected chi connectivity index (χ4v) is 3.11. The van der Waals surface area contributed by atoms with Crippen LogP contribution in [-0.2, 0) is 16.0 Å². The Morgan fingerprint density at radius 2 is 1.69 bits per heavy atom. The van der Waals surface area contributed by atoms with Crippen molar-refractivity contribution in [1.29, 1.82) is 0 Å². The van der Waals surface area contributed by atoms with Gasteiger partial charge in [0.1, 0.15) is 6.04 Å². The number of halogens is 1. The van der Waals surface area contributed by atoms with E-state index in [4.69, 9.17) is 0 Å². The van der Waals surface area contributed by atoms with E-state index in [1.54, 1.807) is 24.3 Å². The lowest BCUT2D eigenvalue weighted by Gasteiger charge is -2.19. The minimum atomic E-state index is -0.632. The van der Waals surface area contributed by atoms with Gasteiger partial charge in [0, 0.05) is 35.5 Å². The molecule has 0 heterocycles. The lowest BCUT2D eigenvalue weighted by molar-refractivity contribution is -0.129. The van der Waals surface area contributed by atoms with E-state index >= 15 is 0 Å². The maximum Gasteiger partial charge on any atom is 0.251 e. The molecular weight excluding hydrogens is 434 g/mol. The first kappa shape index (κ1) is 21.0. The molecule has 29 heavy (non-hydrogen) atoms. The number of amides is 3. The molecule has 0 radical (unpaired) electrons. The van der Waals surface area contributed by atoms with Crippen molar-refractivity contribution in [2.45, 2.75) is 37.8 Å². The smallest absolute Gasteiger partial charge is 0.251 e. The highest BCUT2D eigenvalue weighted by Gasteiger charge is 2.28. The third-order valence-corrected chi connectivity index (χ3v) is 5.13. The molecule has 0 bridgehead atoms. The summed E-state index contributed by atoms with van der Waals surface area (Å²) >= 11 is 3.33. The van der Waals surface area contributed by atoms with Gasteiger partial charge < -0.3 is 16.0 Å². The van der Waals surface area contributed by atoms with E-state index in [9.17, 15) is 14.4 Å². The maximum absolute atomic E-state index is 12.5. The number of hydrogen-bond donors (Lipinski definition) is 3. The monoisotopic (exact) mass is 457 g/mol. The molecule has 1 fully saturated rings. The molecule has 0 aliphatic heterocycles. The zero-order valence-corrected chi connectivity index (χ0v) is 17.6. The molecule has 0 aromatic heterocycles. The van der Waals surface area contributed by atoms with E-state index in [2.05, 4.69) is 31.9 Å². The van der Waals surface area contributed by atoms with Gasteiger partial charge in [-0.05, 0) is 42.7 Å². The van der Waals surface area contributed by atoms with Gasteiger partial charge in [-0.3, -0.25) is 14.4 Å². The van der Waals surface area contributed by atoms with Gasteiger partial charge in [-0.2, -0.15) is 0 Å². The molecule has 3 N–H and O–H groups in total. The van der Waals surface area contributed by atoms with Crippen molar-refractivity contribution in [2.75, 3.05) is 6.54 Å². The second-order valence-corrected chi connectivity index (χ2v) is 8.02. The van der Waals surface area contributed by atoms with Gasteiger partial charge in [-0.15, -0.1) is 0 Å². The SMILES string of the molecule is O=C(CCNC(=O)c1ccc(Br)cc1)NC(Cc1ccccc1)C(=O)NC1CC1. The highest BCUT2D eigenvalue weighted by atomic mass is 79.9. The van der Waals surface area contributed by atoms with E-state index < -0.39 is 6.04 Å². The Labute approximate surface area is 178 Å². The second kappa shape index (κ2) is 10.2. The van der Waals surface area contributed by atoms with Crippen molar-refractivity contribution in [3.63, 3.8) is 0 Å². The van der Waals surface area contributed by atoms with Crippen LogP contribution >= 0.6 is 15.9 Å². The second-order valence-electron chi connectivity index (χ2n) is 7.11. The molecule has 1 saturated carbocycles. The first-order chi connectivity index (χ1) is 14.0. The summed E-state index contributed by atoms with van der Waals surface area (Å²) in [4.78, 5) is 37.0. The van der Waals surface area contributed by atoms with Crippen LogP contribution in [0.25, 0.3) is 0 Å². The van der Waals surface area contributed by atoms with E-state index in [1.165, 1.54) is 0 Å². The Balaban J connectivity index is 1.49. The quantitative estimate of drug-likeness (QED) is 0.540. The predicted octanol–water partition coefficient (Wildman–Crippen LogP) is 2.58. The van der Waals surface area contributed by atoms with Crippen LogP contribution in [0.2, 0.25) is 0 Å². The van der Waals surface area contributed by atoms with Crippen molar-refractivity contribution >= 4 is 33.7 Å². The van der Waals surface area contributed by atoms with Gasteiger partial charge >= 0.3 is 0 Å². The van der Waals surface area contributed by atoms with E-state index in [-0.39, 0.29) is 36.7 Å². The molecule has 0 spiro atoms. The highest BCUT2D eigenvalue weighted by molar-refractivity contribution is 9.10. The summed E-state index contributed by atoms with van der Waals surface area (Å²) in [5, 5.41) is 8.49. The van der Waals surface area contributed by atoms with E-state index in [0.29, 0.717) is 12.0 Å². The van der Waals surface area contributed by atoms with Gasteiger partial charge in [0.05, 0.1) is 0 Å². The van der Waals surface area contributed by atoms with Crippen molar-refractivity contribution < 1.29 is 14.4 Å². The minimum absolute atomic E-state index is 0.101. The largest absolute Gasteiger partial charge is 0.352 e. The molecule has 3 amide bonds. The lowest BCUT2D eigenvalue weighted by atomic mass is 10.0. The van der Waals surface area contributed by atoms with E-state index in [1.807, 2.05) is 30.3 Å². The topological polar surface area (TPSA) is 87.3 Å². The van der Waals surface area contributed by atoms with Gasteiger partial charge in [0.25, 0.3) is 5.91 Å². The van der Waals surface area contributed by atoms with Crippen LogP contribution in [0.15, 0.2) is 59.1 Å². The first-order valence-electron chi connectivity index (χ1n) is 9.68. The van der Waals surface area contributed by atoms with Crippen molar-refractivity contribution in [3.8, 4) is 0 Å². The molecule has 3 rings (SSSR count). The maximum atomic E-state index is 12.5. The molecule has 2 aromatic rings. The standard InChI is InChI=1S/C22H24BrN3O3/c23-17-8-6-16(7-9-17)21(28)24-13-12-20(27)26-19(22(29)25-18-10-11-18)14-15-4-2-1-3-5-15/h1-9,18-19H,10-14H2,(H,24,28)(H,25,29)(H,26,27). The molecule has 1 unspecified atom stereocenters. The molecule has 6 nitrogen and oxygen atoms in total. The van der Waals surface area contributed by atoms with Crippen LogP contribution in [0, 0.1) is 0 Å². The number of carbonyl (C=O) groups is 3. The Bertz CT molecular complexity index is 851. The predicted molar refractivity (Wildman–Crippen MR) is 114 cm³/mol. The molecule has 2 aromatic carbocycles. The number of rotatable bonds is 9. The van der Waals surface area contributed by atoms with Crippen LogP contribution in [0.4, 0.5) is 0 Å². The average Bonchev–Trinajstić information content (AvgIpc) is 3.52.